The number of allylic oxidation sites excluding steroid dienone is 4. The number of fused-ring (bicyclic) bond motifs is 7. The van der Waals surface area contributed by atoms with Gasteiger partial charge in [-0.1, -0.05) is 176 Å². The fraction of sp³-hybridized carbons (Fsp3) is 0.0312. The SMILES string of the molecule is C1=CC(c2cc(-c3ccccc3)nc(-c3cc(-c4cc(-c5ccccc5)cc(-c5ccccc5)c4)ccc3-c3ccc4sc5c(ccc6c7ccccc7n(-c7ccccc7)c65)c4c3)n2)=CCC1. The highest BCUT2D eigenvalue weighted by atomic mass is 32.1. The smallest absolute Gasteiger partial charge is 0.161 e. The number of aromatic nitrogens is 3. The topological polar surface area (TPSA) is 30.7 Å². The maximum absolute atomic E-state index is 5.47. The number of nitrogens with zero attached hydrogens (tertiary/aromatic N) is 3. The Morgan fingerprint density at radius 1 is 0.397 bits per heavy atom. The molecule has 13 rings (SSSR count). The molecular weight excluding hydrogens is 843 g/mol. The van der Waals surface area contributed by atoms with Crippen molar-refractivity contribution in [1.29, 1.82) is 0 Å². The van der Waals surface area contributed by atoms with E-state index in [1.165, 1.54) is 64.2 Å². The Kier molecular flexibility index (Phi) is 9.84. The number of hydrogen-bond donors (Lipinski definition) is 0. The van der Waals surface area contributed by atoms with Gasteiger partial charge >= 0.3 is 0 Å². The first-order chi connectivity index (χ1) is 33.7. The molecule has 0 saturated heterocycles. The molecular formula is C64H43N3S. The molecule has 0 radical (unpaired) electrons. The lowest BCUT2D eigenvalue weighted by Crippen LogP contribution is -2.00. The van der Waals surface area contributed by atoms with Gasteiger partial charge in [-0.15, -0.1) is 11.3 Å². The van der Waals surface area contributed by atoms with E-state index >= 15 is 0 Å². The van der Waals surface area contributed by atoms with Crippen molar-refractivity contribution in [3.8, 4) is 72.8 Å². The van der Waals surface area contributed by atoms with Crippen LogP contribution in [-0.4, -0.2) is 14.5 Å². The Bertz CT molecular complexity index is 3880. The van der Waals surface area contributed by atoms with Crippen molar-refractivity contribution < 1.29 is 0 Å². The van der Waals surface area contributed by atoms with Gasteiger partial charge in [-0.2, -0.15) is 0 Å². The van der Waals surface area contributed by atoms with Crippen LogP contribution in [0, 0.1) is 0 Å². The molecule has 0 spiro atoms. The Labute approximate surface area is 399 Å². The lowest BCUT2D eigenvalue weighted by atomic mass is 9.90. The summed E-state index contributed by atoms with van der Waals surface area (Å²) in [6.07, 6.45) is 8.80. The zero-order valence-electron chi connectivity index (χ0n) is 37.2. The second-order valence-corrected chi connectivity index (χ2v) is 18.7. The molecule has 320 valence electrons. The molecule has 4 heteroatoms. The zero-order valence-corrected chi connectivity index (χ0v) is 38.0. The van der Waals surface area contributed by atoms with Crippen LogP contribution < -0.4 is 0 Å². The van der Waals surface area contributed by atoms with Crippen molar-refractivity contribution >= 4 is 58.9 Å². The summed E-state index contributed by atoms with van der Waals surface area (Å²) in [4.78, 5) is 10.9. The van der Waals surface area contributed by atoms with E-state index in [4.69, 9.17) is 9.97 Å². The molecule has 12 aromatic rings. The van der Waals surface area contributed by atoms with Crippen LogP contribution in [0.4, 0.5) is 0 Å². The molecule has 0 unspecified atom stereocenters. The van der Waals surface area contributed by atoms with Crippen molar-refractivity contribution in [3.63, 3.8) is 0 Å². The van der Waals surface area contributed by atoms with E-state index in [1.807, 2.05) is 11.3 Å². The zero-order chi connectivity index (χ0) is 45.0. The molecule has 3 heterocycles. The first kappa shape index (κ1) is 39.9. The Hall–Kier alpha value is -8.44. The van der Waals surface area contributed by atoms with Crippen LogP contribution in [0.5, 0.6) is 0 Å². The van der Waals surface area contributed by atoms with E-state index in [0.29, 0.717) is 5.82 Å². The van der Waals surface area contributed by atoms with Gasteiger partial charge in [0.25, 0.3) is 0 Å². The number of benzene rings is 9. The normalized spacial score (nSPS) is 12.6. The number of rotatable bonds is 8. The molecule has 0 atom stereocenters. The largest absolute Gasteiger partial charge is 0.308 e. The van der Waals surface area contributed by atoms with Crippen LogP contribution in [0.1, 0.15) is 18.5 Å². The third-order valence-electron chi connectivity index (χ3n) is 13.4. The highest BCUT2D eigenvalue weighted by molar-refractivity contribution is 7.26. The summed E-state index contributed by atoms with van der Waals surface area (Å²) in [7, 11) is 0. The monoisotopic (exact) mass is 885 g/mol. The number of para-hydroxylation sites is 2. The van der Waals surface area contributed by atoms with Gasteiger partial charge in [0, 0.05) is 43.1 Å². The van der Waals surface area contributed by atoms with Gasteiger partial charge < -0.3 is 4.57 Å². The Balaban J connectivity index is 1.05. The molecule has 0 bridgehead atoms. The standard InChI is InChI=1S/C64H43N3S/c1-6-18-42(19-7-1)48-36-49(43-20-8-2-9-21-43)38-50(37-48)46-30-32-52(57(39-46)64-65-58(44-22-10-3-11-23-44)41-59(66-64)45-24-12-4-13-25-45)47-31-35-61-56(40-47)55-34-33-54-53-28-16-17-29-60(53)67(62(54)63(55)68-61)51-26-14-5-15-27-51/h1-3,5-12,14-41H,4,13H2. The fourth-order valence-electron chi connectivity index (χ4n) is 10.1. The van der Waals surface area contributed by atoms with Crippen molar-refractivity contribution in [1.82, 2.24) is 14.5 Å². The molecule has 3 aromatic heterocycles. The van der Waals surface area contributed by atoms with Gasteiger partial charge in [-0.25, -0.2) is 9.97 Å². The molecule has 0 amide bonds. The quantitative estimate of drug-likeness (QED) is 0.152. The summed E-state index contributed by atoms with van der Waals surface area (Å²) in [5.41, 5.74) is 17.8. The maximum atomic E-state index is 5.47. The fourth-order valence-corrected chi connectivity index (χ4v) is 11.3. The van der Waals surface area contributed by atoms with Gasteiger partial charge in [-0.3, -0.25) is 0 Å². The van der Waals surface area contributed by atoms with Gasteiger partial charge in [0.15, 0.2) is 5.82 Å². The summed E-state index contributed by atoms with van der Waals surface area (Å²) < 4.78 is 4.99. The van der Waals surface area contributed by atoms with E-state index in [0.717, 1.165) is 68.9 Å². The van der Waals surface area contributed by atoms with Crippen LogP contribution in [-0.2, 0) is 0 Å². The molecule has 0 aliphatic heterocycles. The van der Waals surface area contributed by atoms with Crippen molar-refractivity contribution in [3.05, 3.63) is 242 Å². The van der Waals surface area contributed by atoms with Crippen molar-refractivity contribution in [2.45, 2.75) is 12.8 Å². The van der Waals surface area contributed by atoms with Gasteiger partial charge in [0.1, 0.15) is 0 Å². The molecule has 3 nitrogen and oxygen atoms in total. The molecule has 1 aliphatic rings. The van der Waals surface area contributed by atoms with Crippen molar-refractivity contribution in [2.24, 2.45) is 0 Å². The highest BCUT2D eigenvalue weighted by Gasteiger charge is 2.21. The summed E-state index contributed by atoms with van der Waals surface area (Å²) in [5, 5.41) is 5.02. The van der Waals surface area contributed by atoms with Crippen LogP contribution >= 0.6 is 11.3 Å². The summed E-state index contributed by atoms with van der Waals surface area (Å²) in [5.74, 6) is 0.699. The second-order valence-electron chi connectivity index (χ2n) is 17.6. The average Bonchev–Trinajstić information content (AvgIpc) is 3.97. The minimum atomic E-state index is 0.699. The molecule has 0 fully saturated rings. The van der Waals surface area contributed by atoms with Crippen molar-refractivity contribution in [2.75, 3.05) is 0 Å². The molecule has 9 aromatic carbocycles. The predicted octanol–water partition coefficient (Wildman–Crippen LogP) is 17.7. The third kappa shape index (κ3) is 7.05. The predicted molar refractivity (Wildman–Crippen MR) is 288 cm³/mol. The first-order valence-corrected chi connectivity index (χ1v) is 24.2. The summed E-state index contributed by atoms with van der Waals surface area (Å²) in [6.45, 7) is 0. The highest BCUT2D eigenvalue weighted by Crippen LogP contribution is 2.45. The molecule has 68 heavy (non-hydrogen) atoms. The second kappa shape index (κ2) is 16.8. The van der Waals surface area contributed by atoms with Crippen LogP contribution in [0.3, 0.4) is 0 Å². The Morgan fingerprint density at radius 3 is 1.72 bits per heavy atom. The van der Waals surface area contributed by atoms with Crippen LogP contribution in [0.15, 0.2) is 237 Å². The van der Waals surface area contributed by atoms with E-state index < -0.39 is 0 Å². The van der Waals surface area contributed by atoms with Gasteiger partial charge in [0.2, 0.25) is 0 Å². The van der Waals surface area contributed by atoms with Gasteiger partial charge in [-0.05, 0) is 124 Å². The van der Waals surface area contributed by atoms with Gasteiger partial charge in [0.05, 0.1) is 27.1 Å². The Morgan fingerprint density at radius 2 is 1.01 bits per heavy atom. The van der Waals surface area contributed by atoms with E-state index in [9.17, 15) is 0 Å². The average molecular weight is 886 g/mol. The molecule has 1 aliphatic carbocycles. The number of thiophene rings is 1. The van der Waals surface area contributed by atoms with E-state index in [-0.39, 0.29) is 0 Å². The summed E-state index contributed by atoms with van der Waals surface area (Å²) in [6, 6.07) is 79.1. The van der Waals surface area contributed by atoms with Crippen LogP contribution in [0.25, 0.3) is 120 Å². The molecule has 0 saturated carbocycles. The molecule has 0 N–H and O–H groups in total. The minimum absolute atomic E-state index is 0.699. The maximum Gasteiger partial charge on any atom is 0.161 e. The van der Waals surface area contributed by atoms with E-state index in [2.05, 4.69) is 241 Å². The minimum Gasteiger partial charge on any atom is -0.308 e. The third-order valence-corrected chi connectivity index (χ3v) is 14.6. The lowest BCUT2D eigenvalue weighted by molar-refractivity contribution is 1.03. The lowest BCUT2D eigenvalue weighted by Gasteiger charge is -2.16. The van der Waals surface area contributed by atoms with Crippen LogP contribution in [0.2, 0.25) is 0 Å². The number of hydrogen-bond acceptors (Lipinski definition) is 3. The van der Waals surface area contributed by atoms with E-state index in [1.54, 1.807) is 0 Å². The summed E-state index contributed by atoms with van der Waals surface area (Å²) >= 11 is 1.88. The first-order valence-electron chi connectivity index (χ1n) is 23.4.